The Balaban J connectivity index is 3.72. The monoisotopic (exact) mass is 145 g/mol. The standard InChI is InChI=1S/C5H11N3O2/c1-8-5(10)3(6)2-4(7)9/h3H,2,6H2,1H3,(H2,7,9)(H,8,10)/t3-/m1/s1. The van der Waals surface area contributed by atoms with Crippen LogP contribution < -0.4 is 16.8 Å². The lowest BCUT2D eigenvalue weighted by atomic mass is 10.2. The van der Waals surface area contributed by atoms with Crippen LogP contribution in [0.1, 0.15) is 6.42 Å². The second-order valence-corrected chi connectivity index (χ2v) is 1.89. The van der Waals surface area contributed by atoms with Gasteiger partial charge in [0, 0.05) is 7.05 Å². The van der Waals surface area contributed by atoms with Gasteiger partial charge in [-0.2, -0.15) is 0 Å². The summed E-state index contributed by atoms with van der Waals surface area (Å²) < 4.78 is 0. The molecule has 10 heavy (non-hydrogen) atoms. The van der Waals surface area contributed by atoms with Gasteiger partial charge in [-0.05, 0) is 0 Å². The van der Waals surface area contributed by atoms with Crippen LogP contribution in [0.3, 0.4) is 0 Å². The number of amides is 2. The number of hydrogen-bond donors (Lipinski definition) is 3. The minimum absolute atomic E-state index is 0.111. The third-order valence-corrected chi connectivity index (χ3v) is 1.00. The third kappa shape index (κ3) is 3.03. The zero-order chi connectivity index (χ0) is 8.15. The van der Waals surface area contributed by atoms with Gasteiger partial charge < -0.3 is 16.8 Å². The van der Waals surface area contributed by atoms with Gasteiger partial charge in [0.15, 0.2) is 0 Å². The van der Waals surface area contributed by atoms with Crippen LogP contribution >= 0.6 is 0 Å². The van der Waals surface area contributed by atoms with E-state index in [9.17, 15) is 9.59 Å². The van der Waals surface area contributed by atoms with E-state index >= 15 is 0 Å². The van der Waals surface area contributed by atoms with E-state index in [0.717, 1.165) is 0 Å². The summed E-state index contributed by atoms with van der Waals surface area (Å²) in [5.74, 6) is -0.949. The molecule has 0 rings (SSSR count). The number of primary amides is 1. The molecule has 0 saturated heterocycles. The highest BCUT2D eigenvalue weighted by Crippen LogP contribution is 1.84. The first kappa shape index (κ1) is 8.90. The molecule has 0 aliphatic heterocycles. The number of carbonyl (C=O) groups is 2. The first-order valence-electron chi connectivity index (χ1n) is 2.83. The van der Waals surface area contributed by atoms with Crippen molar-refractivity contribution < 1.29 is 9.59 Å². The number of nitrogens with one attached hydrogen (secondary N) is 1. The molecule has 2 amide bonds. The normalized spacial score (nSPS) is 12.2. The molecular weight excluding hydrogens is 134 g/mol. The molecule has 5 heteroatoms. The second kappa shape index (κ2) is 3.84. The van der Waals surface area contributed by atoms with Gasteiger partial charge in [-0.15, -0.1) is 0 Å². The molecule has 5 N–H and O–H groups in total. The molecule has 0 aliphatic carbocycles. The molecule has 0 aromatic rings. The van der Waals surface area contributed by atoms with Crippen molar-refractivity contribution >= 4 is 11.8 Å². The SMILES string of the molecule is CNC(=O)[C@H](N)CC(N)=O. The molecule has 0 aromatic heterocycles. The Bertz CT molecular complexity index is 146. The minimum atomic E-state index is -0.817. The van der Waals surface area contributed by atoms with Crippen molar-refractivity contribution in [2.45, 2.75) is 12.5 Å². The second-order valence-electron chi connectivity index (χ2n) is 1.89. The molecule has 0 aromatic carbocycles. The van der Waals surface area contributed by atoms with Gasteiger partial charge in [0.1, 0.15) is 0 Å². The predicted octanol–water partition coefficient (Wildman–Crippen LogP) is -2.06. The van der Waals surface area contributed by atoms with Crippen LogP contribution in [0, 0.1) is 0 Å². The van der Waals surface area contributed by atoms with E-state index in [4.69, 9.17) is 11.5 Å². The molecule has 5 nitrogen and oxygen atoms in total. The zero-order valence-electron chi connectivity index (χ0n) is 5.76. The smallest absolute Gasteiger partial charge is 0.237 e. The molecule has 0 unspecified atom stereocenters. The number of carbonyl (C=O) groups excluding carboxylic acids is 2. The van der Waals surface area contributed by atoms with Crippen LogP contribution in [0.25, 0.3) is 0 Å². The molecule has 58 valence electrons. The van der Waals surface area contributed by atoms with Gasteiger partial charge in [0.05, 0.1) is 12.5 Å². The Labute approximate surface area is 58.8 Å². The maximum Gasteiger partial charge on any atom is 0.237 e. The summed E-state index contributed by atoms with van der Waals surface area (Å²) in [6, 6.07) is -0.817. The van der Waals surface area contributed by atoms with Gasteiger partial charge in [0.25, 0.3) is 0 Å². The first-order valence-corrected chi connectivity index (χ1v) is 2.83. The third-order valence-electron chi connectivity index (χ3n) is 1.00. The van der Waals surface area contributed by atoms with Crippen molar-refractivity contribution in [3.05, 3.63) is 0 Å². The molecule has 1 atom stereocenters. The van der Waals surface area contributed by atoms with E-state index in [1.807, 2.05) is 0 Å². The van der Waals surface area contributed by atoms with Crippen molar-refractivity contribution in [2.75, 3.05) is 7.05 Å². The molecule has 0 radical (unpaired) electrons. The Morgan fingerprint density at radius 3 is 2.40 bits per heavy atom. The van der Waals surface area contributed by atoms with Gasteiger partial charge in [0.2, 0.25) is 11.8 Å². The van der Waals surface area contributed by atoms with E-state index < -0.39 is 11.9 Å². The van der Waals surface area contributed by atoms with Crippen LogP contribution in [0.4, 0.5) is 0 Å². The quantitative estimate of drug-likeness (QED) is 0.425. The van der Waals surface area contributed by atoms with Crippen LogP contribution in [0.15, 0.2) is 0 Å². The Morgan fingerprint density at radius 2 is 2.10 bits per heavy atom. The van der Waals surface area contributed by atoms with Gasteiger partial charge >= 0.3 is 0 Å². The molecule has 0 fully saturated rings. The van der Waals surface area contributed by atoms with E-state index in [1.54, 1.807) is 0 Å². The van der Waals surface area contributed by atoms with E-state index in [-0.39, 0.29) is 12.3 Å². The van der Waals surface area contributed by atoms with Crippen LogP contribution in [-0.4, -0.2) is 24.9 Å². The number of likely N-dealkylation sites (N-methyl/N-ethyl adjacent to an activating group) is 1. The average Bonchev–Trinajstić information content (AvgIpc) is 1.85. The molecule has 0 bridgehead atoms. The van der Waals surface area contributed by atoms with Crippen LogP contribution in [-0.2, 0) is 9.59 Å². The summed E-state index contributed by atoms with van der Waals surface area (Å²) in [5, 5.41) is 2.30. The summed E-state index contributed by atoms with van der Waals surface area (Å²) in [4.78, 5) is 20.8. The summed E-state index contributed by atoms with van der Waals surface area (Å²) in [5.41, 5.74) is 10.0. The van der Waals surface area contributed by atoms with Crippen molar-refractivity contribution in [3.8, 4) is 0 Å². The minimum Gasteiger partial charge on any atom is -0.370 e. The van der Waals surface area contributed by atoms with E-state index in [0.29, 0.717) is 0 Å². The van der Waals surface area contributed by atoms with Gasteiger partial charge in [-0.3, -0.25) is 9.59 Å². The Morgan fingerprint density at radius 1 is 1.60 bits per heavy atom. The van der Waals surface area contributed by atoms with Crippen LogP contribution in [0.5, 0.6) is 0 Å². The summed E-state index contributed by atoms with van der Waals surface area (Å²) >= 11 is 0. The van der Waals surface area contributed by atoms with Crippen molar-refractivity contribution in [2.24, 2.45) is 11.5 Å². The molecular formula is C5H11N3O2. The van der Waals surface area contributed by atoms with E-state index in [2.05, 4.69) is 5.32 Å². The lowest BCUT2D eigenvalue weighted by Gasteiger charge is -2.05. The van der Waals surface area contributed by atoms with Gasteiger partial charge in [-0.25, -0.2) is 0 Å². The lowest BCUT2D eigenvalue weighted by Crippen LogP contribution is -2.41. The lowest BCUT2D eigenvalue weighted by molar-refractivity contribution is -0.126. The summed E-state index contributed by atoms with van der Waals surface area (Å²) in [7, 11) is 1.45. The fourth-order valence-corrected chi connectivity index (χ4v) is 0.495. The Hall–Kier alpha value is -1.10. The molecule has 0 aliphatic rings. The topological polar surface area (TPSA) is 98.2 Å². The number of hydrogen-bond acceptors (Lipinski definition) is 3. The van der Waals surface area contributed by atoms with Crippen LogP contribution in [0.2, 0.25) is 0 Å². The van der Waals surface area contributed by atoms with E-state index in [1.165, 1.54) is 7.05 Å². The maximum atomic E-state index is 10.6. The van der Waals surface area contributed by atoms with Crippen molar-refractivity contribution in [3.63, 3.8) is 0 Å². The zero-order valence-corrected chi connectivity index (χ0v) is 5.76. The maximum absolute atomic E-state index is 10.6. The Kier molecular flexibility index (Phi) is 3.42. The van der Waals surface area contributed by atoms with Crippen molar-refractivity contribution in [1.29, 1.82) is 0 Å². The highest BCUT2D eigenvalue weighted by molar-refractivity contribution is 5.87. The predicted molar refractivity (Wildman–Crippen MR) is 35.9 cm³/mol. The highest BCUT2D eigenvalue weighted by atomic mass is 16.2. The highest BCUT2D eigenvalue weighted by Gasteiger charge is 2.13. The fraction of sp³-hybridized carbons (Fsp3) is 0.600. The molecule has 0 saturated carbocycles. The summed E-state index contributed by atoms with van der Waals surface area (Å²) in [6.07, 6.45) is -0.111. The van der Waals surface area contributed by atoms with Crippen molar-refractivity contribution in [1.82, 2.24) is 5.32 Å². The molecule has 0 heterocycles. The fourth-order valence-electron chi connectivity index (χ4n) is 0.495. The summed E-state index contributed by atoms with van der Waals surface area (Å²) in [6.45, 7) is 0. The first-order chi connectivity index (χ1) is 4.57. The largest absolute Gasteiger partial charge is 0.370 e. The average molecular weight is 145 g/mol. The van der Waals surface area contributed by atoms with Gasteiger partial charge in [-0.1, -0.05) is 0 Å². The number of rotatable bonds is 3. The number of nitrogens with two attached hydrogens (primary N) is 2. The molecule has 0 spiro atoms.